The summed E-state index contributed by atoms with van der Waals surface area (Å²) in [5.74, 6) is -0.301. The zero-order valence-electron chi connectivity index (χ0n) is 14.2. The number of carbonyl (C=O) groups is 2. The van der Waals surface area contributed by atoms with Crippen molar-refractivity contribution < 1.29 is 14.3 Å². The van der Waals surface area contributed by atoms with Gasteiger partial charge >= 0.3 is 5.97 Å². The van der Waals surface area contributed by atoms with E-state index >= 15 is 0 Å². The van der Waals surface area contributed by atoms with Crippen LogP contribution in [-0.4, -0.2) is 35.2 Å². The second-order valence-corrected chi connectivity index (χ2v) is 7.06. The fourth-order valence-electron chi connectivity index (χ4n) is 2.88. The van der Waals surface area contributed by atoms with Crippen molar-refractivity contribution in [1.82, 2.24) is 4.90 Å². The highest BCUT2D eigenvalue weighted by atomic mass is 32.2. The smallest absolute Gasteiger partial charge is 0.317 e. The van der Waals surface area contributed by atoms with Gasteiger partial charge in [0.1, 0.15) is 0 Å². The highest BCUT2D eigenvalue weighted by molar-refractivity contribution is 8.00. The zero-order valence-corrected chi connectivity index (χ0v) is 15.0. The van der Waals surface area contributed by atoms with Gasteiger partial charge in [0.2, 0.25) is 0 Å². The molecular formula is C20H21NO3S. The molecule has 1 heterocycles. The number of carbonyl (C=O) groups excluding carboxylic acids is 2. The number of hydrogen-bond acceptors (Lipinski definition) is 4. The third-order valence-electron chi connectivity index (χ3n) is 4.20. The molecule has 1 aliphatic rings. The van der Waals surface area contributed by atoms with Crippen molar-refractivity contribution in [2.45, 2.75) is 30.9 Å². The van der Waals surface area contributed by atoms with Gasteiger partial charge in [-0.2, -0.15) is 0 Å². The highest BCUT2D eigenvalue weighted by Gasteiger charge is 2.26. The van der Waals surface area contributed by atoms with Gasteiger partial charge < -0.3 is 9.64 Å². The van der Waals surface area contributed by atoms with Crippen LogP contribution in [0.3, 0.4) is 0 Å². The van der Waals surface area contributed by atoms with Crippen LogP contribution in [0, 0.1) is 0 Å². The number of fused-ring (bicyclic) bond motifs is 1. The van der Waals surface area contributed by atoms with E-state index < -0.39 is 6.10 Å². The lowest BCUT2D eigenvalue weighted by molar-refractivity contribution is -0.157. The molecule has 0 N–H and O–H groups in total. The minimum Gasteiger partial charge on any atom is -0.452 e. The summed E-state index contributed by atoms with van der Waals surface area (Å²) in [5.41, 5.74) is 2.45. The maximum absolute atomic E-state index is 12.6. The molecule has 2 aromatic carbocycles. The normalized spacial score (nSPS) is 14.5. The number of benzene rings is 2. The van der Waals surface area contributed by atoms with Gasteiger partial charge in [0, 0.05) is 18.0 Å². The molecule has 0 unspecified atom stereocenters. The molecule has 0 saturated heterocycles. The van der Waals surface area contributed by atoms with E-state index in [1.54, 1.807) is 11.8 Å². The minimum absolute atomic E-state index is 0.132. The zero-order chi connectivity index (χ0) is 17.6. The Morgan fingerprint density at radius 2 is 1.76 bits per heavy atom. The molecule has 0 bridgehead atoms. The van der Waals surface area contributed by atoms with Crippen LogP contribution in [0.1, 0.15) is 18.1 Å². The summed E-state index contributed by atoms with van der Waals surface area (Å²) in [6.45, 7) is 2.89. The molecule has 1 aliphatic heterocycles. The number of thioether (sulfide) groups is 1. The minimum atomic E-state index is -0.755. The summed E-state index contributed by atoms with van der Waals surface area (Å²) < 4.78 is 5.32. The Hall–Kier alpha value is -2.27. The molecule has 0 aliphatic carbocycles. The van der Waals surface area contributed by atoms with Gasteiger partial charge in [0.25, 0.3) is 5.91 Å². The summed E-state index contributed by atoms with van der Waals surface area (Å²) >= 11 is 1.41. The molecule has 4 nitrogen and oxygen atoms in total. The summed E-state index contributed by atoms with van der Waals surface area (Å²) in [7, 11) is 0. The van der Waals surface area contributed by atoms with E-state index in [4.69, 9.17) is 4.74 Å². The van der Waals surface area contributed by atoms with Gasteiger partial charge in [0.15, 0.2) is 6.10 Å². The van der Waals surface area contributed by atoms with Crippen LogP contribution in [0.5, 0.6) is 0 Å². The van der Waals surface area contributed by atoms with E-state index in [9.17, 15) is 9.59 Å². The van der Waals surface area contributed by atoms with Crippen molar-refractivity contribution in [1.29, 1.82) is 0 Å². The first-order valence-corrected chi connectivity index (χ1v) is 9.35. The standard InChI is InChI=1S/C20H21NO3S/c1-15(24-19(22)14-25-18-9-3-2-4-10-18)20(23)21-12-11-16-7-5-6-8-17(16)13-21/h2-10,15H,11-14H2,1H3/t15-/m0/s1. The Labute approximate surface area is 152 Å². The molecule has 0 saturated carbocycles. The van der Waals surface area contributed by atoms with Crippen LogP contribution < -0.4 is 0 Å². The monoisotopic (exact) mass is 355 g/mol. The van der Waals surface area contributed by atoms with Gasteiger partial charge in [-0.3, -0.25) is 9.59 Å². The van der Waals surface area contributed by atoms with Crippen LogP contribution in [0.25, 0.3) is 0 Å². The molecule has 0 fully saturated rings. The fourth-order valence-corrected chi connectivity index (χ4v) is 3.58. The second-order valence-electron chi connectivity index (χ2n) is 6.01. The SMILES string of the molecule is C[C@H](OC(=O)CSc1ccccc1)C(=O)N1CCc2ccccc2C1. The first-order valence-electron chi connectivity index (χ1n) is 8.36. The molecule has 1 amide bonds. The van der Waals surface area contributed by atoms with Gasteiger partial charge in [-0.25, -0.2) is 0 Å². The predicted molar refractivity (Wildman–Crippen MR) is 98.3 cm³/mol. The Bertz CT molecular complexity index is 748. The van der Waals surface area contributed by atoms with Crippen LogP contribution in [0.2, 0.25) is 0 Å². The fraction of sp³-hybridized carbons (Fsp3) is 0.300. The van der Waals surface area contributed by atoms with E-state index in [2.05, 4.69) is 6.07 Å². The second kappa shape index (κ2) is 8.21. The lowest BCUT2D eigenvalue weighted by atomic mass is 9.99. The first-order chi connectivity index (χ1) is 12.1. The Kier molecular flexibility index (Phi) is 5.76. The number of ether oxygens (including phenoxy) is 1. The largest absolute Gasteiger partial charge is 0.452 e. The summed E-state index contributed by atoms with van der Waals surface area (Å²) in [4.78, 5) is 27.3. The lowest BCUT2D eigenvalue weighted by Crippen LogP contribution is -2.42. The van der Waals surface area contributed by atoms with Gasteiger partial charge in [-0.05, 0) is 36.6 Å². The van der Waals surface area contributed by atoms with Crippen molar-refractivity contribution in [2.24, 2.45) is 0 Å². The van der Waals surface area contributed by atoms with Crippen molar-refractivity contribution in [3.63, 3.8) is 0 Å². The molecule has 0 spiro atoms. The average Bonchev–Trinajstić information content (AvgIpc) is 2.66. The van der Waals surface area contributed by atoms with Crippen molar-refractivity contribution in [2.75, 3.05) is 12.3 Å². The molecule has 0 aromatic heterocycles. The lowest BCUT2D eigenvalue weighted by Gasteiger charge is -2.30. The molecule has 0 radical (unpaired) electrons. The number of rotatable bonds is 5. The first kappa shape index (κ1) is 17.5. The van der Waals surface area contributed by atoms with Crippen molar-refractivity contribution >= 4 is 23.6 Å². The van der Waals surface area contributed by atoms with E-state index in [0.29, 0.717) is 13.1 Å². The molecule has 130 valence electrons. The van der Waals surface area contributed by atoms with Crippen LogP contribution in [0.4, 0.5) is 0 Å². The highest BCUT2D eigenvalue weighted by Crippen LogP contribution is 2.20. The maximum atomic E-state index is 12.6. The van der Waals surface area contributed by atoms with Crippen LogP contribution in [-0.2, 0) is 27.3 Å². The van der Waals surface area contributed by atoms with E-state index in [1.807, 2.05) is 48.5 Å². The number of nitrogens with zero attached hydrogens (tertiary/aromatic N) is 1. The predicted octanol–water partition coefficient (Wildman–Crippen LogP) is 3.30. The quantitative estimate of drug-likeness (QED) is 0.610. The third kappa shape index (κ3) is 4.63. The Morgan fingerprint density at radius 1 is 1.08 bits per heavy atom. The Balaban J connectivity index is 1.50. The van der Waals surface area contributed by atoms with E-state index in [-0.39, 0.29) is 17.6 Å². The molecular weight excluding hydrogens is 334 g/mol. The summed E-state index contributed by atoms with van der Waals surface area (Å²) in [6, 6.07) is 17.8. The van der Waals surface area contributed by atoms with E-state index in [0.717, 1.165) is 11.3 Å². The number of hydrogen-bond donors (Lipinski definition) is 0. The van der Waals surface area contributed by atoms with Gasteiger partial charge in [0.05, 0.1) is 5.75 Å². The summed E-state index contributed by atoms with van der Waals surface area (Å²) in [6.07, 6.45) is 0.0843. The van der Waals surface area contributed by atoms with Crippen LogP contribution in [0.15, 0.2) is 59.5 Å². The third-order valence-corrected chi connectivity index (χ3v) is 5.18. The number of esters is 1. The van der Waals surface area contributed by atoms with Crippen molar-refractivity contribution in [3.8, 4) is 0 Å². The average molecular weight is 355 g/mol. The van der Waals surface area contributed by atoms with Crippen molar-refractivity contribution in [3.05, 3.63) is 65.7 Å². The van der Waals surface area contributed by atoms with Gasteiger partial charge in [-0.1, -0.05) is 42.5 Å². The Morgan fingerprint density at radius 3 is 2.52 bits per heavy atom. The number of amides is 1. The van der Waals surface area contributed by atoms with Gasteiger partial charge in [-0.15, -0.1) is 11.8 Å². The van der Waals surface area contributed by atoms with E-state index in [1.165, 1.54) is 22.9 Å². The molecule has 25 heavy (non-hydrogen) atoms. The summed E-state index contributed by atoms with van der Waals surface area (Å²) in [5, 5.41) is 0. The molecule has 2 aromatic rings. The maximum Gasteiger partial charge on any atom is 0.317 e. The van der Waals surface area contributed by atoms with Crippen LogP contribution >= 0.6 is 11.8 Å². The molecule has 1 atom stereocenters. The topological polar surface area (TPSA) is 46.6 Å². The molecule has 5 heteroatoms. The molecule has 3 rings (SSSR count).